The van der Waals surface area contributed by atoms with E-state index in [0.717, 1.165) is 10.6 Å². The fourth-order valence-corrected chi connectivity index (χ4v) is 2.02. The molecule has 0 atom stereocenters. The minimum absolute atomic E-state index is 0.105. The summed E-state index contributed by atoms with van der Waals surface area (Å²) >= 11 is 1.47. The van der Waals surface area contributed by atoms with Crippen molar-refractivity contribution in [2.24, 2.45) is 0 Å². The highest BCUT2D eigenvalue weighted by Crippen LogP contribution is 2.28. The average molecular weight is 235 g/mol. The molecule has 0 bridgehead atoms. The van der Waals surface area contributed by atoms with Crippen LogP contribution in [0.5, 0.6) is 0 Å². The van der Waals surface area contributed by atoms with Crippen LogP contribution in [0.4, 0.5) is 5.69 Å². The molecule has 16 heavy (non-hydrogen) atoms. The summed E-state index contributed by atoms with van der Waals surface area (Å²) < 4.78 is 1.83. The number of aromatic nitrogens is 2. The first-order chi connectivity index (χ1) is 7.72. The van der Waals surface area contributed by atoms with Crippen molar-refractivity contribution in [3.63, 3.8) is 0 Å². The molecule has 0 amide bonds. The molecule has 0 aliphatic rings. The number of non-ortho nitro benzene ring substituents is 1. The predicted molar refractivity (Wildman–Crippen MR) is 62.0 cm³/mol. The number of thioether (sulfide) groups is 1. The van der Waals surface area contributed by atoms with Crippen molar-refractivity contribution >= 4 is 17.4 Å². The Balaban J connectivity index is 2.51. The van der Waals surface area contributed by atoms with Crippen molar-refractivity contribution in [2.75, 3.05) is 6.26 Å². The molecule has 0 saturated heterocycles. The van der Waals surface area contributed by atoms with E-state index in [4.69, 9.17) is 0 Å². The van der Waals surface area contributed by atoms with Crippen LogP contribution in [0, 0.1) is 10.1 Å². The number of hydrogen-bond acceptors (Lipinski definition) is 4. The summed E-state index contributed by atoms with van der Waals surface area (Å²) in [4.78, 5) is 15.1. The van der Waals surface area contributed by atoms with E-state index in [0.29, 0.717) is 0 Å². The molecule has 5 nitrogen and oxygen atoms in total. The van der Waals surface area contributed by atoms with Gasteiger partial charge in [-0.3, -0.25) is 10.1 Å². The van der Waals surface area contributed by atoms with Crippen LogP contribution in [0.1, 0.15) is 0 Å². The third-order valence-corrected chi connectivity index (χ3v) is 2.92. The minimum Gasteiger partial charge on any atom is -0.305 e. The Kier molecular flexibility index (Phi) is 2.91. The fraction of sp³-hybridized carbons (Fsp3) is 0.100. The first-order valence-corrected chi connectivity index (χ1v) is 5.75. The van der Waals surface area contributed by atoms with Gasteiger partial charge in [-0.15, -0.1) is 11.8 Å². The molecule has 82 valence electrons. The molecule has 2 aromatic rings. The van der Waals surface area contributed by atoms with Crippen LogP contribution in [-0.4, -0.2) is 20.7 Å². The monoisotopic (exact) mass is 235 g/mol. The second-order valence-corrected chi connectivity index (χ2v) is 3.93. The fourth-order valence-electron chi connectivity index (χ4n) is 1.39. The Labute approximate surface area is 96.3 Å². The van der Waals surface area contributed by atoms with Gasteiger partial charge in [0.05, 0.1) is 16.9 Å². The van der Waals surface area contributed by atoms with E-state index < -0.39 is 4.92 Å². The SMILES string of the molecule is CSc1cc([N+](=O)[O-])ccc1-n1ccnc1. The van der Waals surface area contributed by atoms with Gasteiger partial charge < -0.3 is 4.57 Å². The molecule has 0 aliphatic heterocycles. The molecular formula is C10H9N3O2S. The summed E-state index contributed by atoms with van der Waals surface area (Å²) in [5, 5.41) is 10.6. The van der Waals surface area contributed by atoms with Gasteiger partial charge in [-0.2, -0.15) is 0 Å². The van der Waals surface area contributed by atoms with E-state index in [-0.39, 0.29) is 5.69 Å². The predicted octanol–water partition coefficient (Wildman–Crippen LogP) is 2.50. The standard InChI is InChI=1S/C10H9N3O2S/c1-16-10-6-8(13(14)15)2-3-9(10)12-5-4-11-7-12/h2-7H,1H3. The van der Waals surface area contributed by atoms with Gasteiger partial charge in [0.25, 0.3) is 5.69 Å². The Bertz CT molecular complexity index is 511. The zero-order valence-electron chi connectivity index (χ0n) is 8.53. The maximum atomic E-state index is 10.6. The quantitative estimate of drug-likeness (QED) is 0.466. The molecule has 1 heterocycles. The van der Waals surface area contributed by atoms with Gasteiger partial charge in [-0.25, -0.2) is 4.98 Å². The lowest BCUT2D eigenvalue weighted by atomic mass is 10.3. The van der Waals surface area contributed by atoms with Crippen LogP contribution >= 0.6 is 11.8 Å². The lowest BCUT2D eigenvalue weighted by molar-refractivity contribution is -0.385. The Morgan fingerprint density at radius 2 is 2.31 bits per heavy atom. The molecule has 0 unspecified atom stereocenters. The molecule has 1 aromatic carbocycles. The van der Waals surface area contributed by atoms with Crippen LogP contribution in [0.2, 0.25) is 0 Å². The van der Waals surface area contributed by atoms with E-state index in [1.807, 2.05) is 10.8 Å². The number of hydrogen-bond donors (Lipinski definition) is 0. The van der Waals surface area contributed by atoms with Crippen LogP contribution in [-0.2, 0) is 0 Å². The molecule has 0 N–H and O–H groups in total. The van der Waals surface area contributed by atoms with Gasteiger partial charge >= 0.3 is 0 Å². The number of rotatable bonds is 3. The number of nitro benzene ring substituents is 1. The van der Waals surface area contributed by atoms with Crippen LogP contribution < -0.4 is 0 Å². The molecule has 2 rings (SSSR count). The largest absolute Gasteiger partial charge is 0.305 e. The molecule has 6 heteroatoms. The minimum atomic E-state index is -0.391. The Morgan fingerprint density at radius 1 is 1.50 bits per heavy atom. The van der Waals surface area contributed by atoms with Crippen molar-refractivity contribution in [2.45, 2.75) is 4.90 Å². The van der Waals surface area contributed by atoms with Crippen molar-refractivity contribution in [3.05, 3.63) is 47.0 Å². The normalized spacial score (nSPS) is 10.3. The lowest BCUT2D eigenvalue weighted by Gasteiger charge is -2.07. The van der Waals surface area contributed by atoms with Gasteiger partial charge in [0, 0.05) is 29.4 Å². The topological polar surface area (TPSA) is 61.0 Å². The Morgan fingerprint density at radius 3 is 2.88 bits per heavy atom. The number of nitro groups is 1. The van der Waals surface area contributed by atoms with Crippen LogP contribution in [0.3, 0.4) is 0 Å². The molecule has 0 aliphatic carbocycles. The van der Waals surface area contributed by atoms with E-state index in [1.165, 1.54) is 17.8 Å². The smallest absolute Gasteiger partial charge is 0.270 e. The van der Waals surface area contributed by atoms with Crippen molar-refractivity contribution < 1.29 is 4.92 Å². The van der Waals surface area contributed by atoms with Crippen LogP contribution in [0.15, 0.2) is 41.8 Å². The van der Waals surface area contributed by atoms with E-state index in [2.05, 4.69) is 4.98 Å². The summed E-state index contributed by atoms with van der Waals surface area (Å²) in [5.41, 5.74) is 1.00. The summed E-state index contributed by atoms with van der Waals surface area (Å²) in [6, 6.07) is 4.79. The highest BCUT2D eigenvalue weighted by molar-refractivity contribution is 7.98. The summed E-state index contributed by atoms with van der Waals surface area (Å²) in [6.45, 7) is 0. The first-order valence-electron chi connectivity index (χ1n) is 4.53. The number of imidazole rings is 1. The second-order valence-electron chi connectivity index (χ2n) is 3.08. The second kappa shape index (κ2) is 4.36. The molecule has 0 spiro atoms. The van der Waals surface area contributed by atoms with Crippen molar-refractivity contribution in [1.82, 2.24) is 9.55 Å². The van der Waals surface area contributed by atoms with Gasteiger partial charge in [0.15, 0.2) is 0 Å². The molecule has 1 aromatic heterocycles. The molecule has 0 radical (unpaired) electrons. The molecule has 0 fully saturated rings. The molecule has 0 saturated carbocycles. The van der Waals surface area contributed by atoms with Crippen molar-refractivity contribution in [1.29, 1.82) is 0 Å². The van der Waals surface area contributed by atoms with Gasteiger partial charge in [0.2, 0.25) is 0 Å². The summed E-state index contributed by atoms with van der Waals surface area (Å²) in [6.07, 6.45) is 7.03. The van der Waals surface area contributed by atoms with E-state index >= 15 is 0 Å². The van der Waals surface area contributed by atoms with Crippen molar-refractivity contribution in [3.8, 4) is 5.69 Å². The van der Waals surface area contributed by atoms with E-state index in [9.17, 15) is 10.1 Å². The van der Waals surface area contributed by atoms with Gasteiger partial charge in [-0.1, -0.05) is 0 Å². The zero-order valence-corrected chi connectivity index (χ0v) is 9.35. The number of nitrogens with zero attached hydrogens (tertiary/aromatic N) is 3. The van der Waals surface area contributed by atoms with Gasteiger partial charge in [-0.05, 0) is 12.3 Å². The highest BCUT2D eigenvalue weighted by atomic mass is 32.2. The van der Waals surface area contributed by atoms with Crippen LogP contribution in [0.25, 0.3) is 5.69 Å². The van der Waals surface area contributed by atoms with Gasteiger partial charge in [0.1, 0.15) is 0 Å². The number of benzene rings is 1. The summed E-state index contributed by atoms with van der Waals surface area (Å²) in [7, 11) is 0. The third kappa shape index (κ3) is 1.92. The average Bonchev–Trinajstić information content (AvgIpc) is 2.81. The Hall–Kier alpha value is -1.82. The zero-order chi connectivity index (χ0) is 11.5. The lowest BCUT2D eigenvalue weighted by Crippen LogP contribution is -1.95. The first kappa shape index (κ1) is 10.7. The molecular weight excluding hydrogens is 226 g/mol. The summed E-state index contributed by atoms with van der Waals surface area (Å²) in [5.74, 6) is 0. The highest BCUT2D eigenvalue weighted by Gasteiger charge is 2.10. The third-order valence-electron chi connectivity index (χ3n) is 2.16. The van der Waals surface area contributed by atoms with E-state index in [1.54, 1.807) is 30.9 Å². The maximum absolute atomic E-state index is 10.6. The maximum Gasteiger partial charge on any atom is 0.270 e.